The minimum Gasteiger partial charge on any atom is -0.480 e. The predicted molar refractivity (Wildman–Crippen MR) is 111 cm³/mol. The number of anilines is 1. The van der Waals surface area contributed by atoms with Gasteiger partial charge < -0.3 is 20.3 Å². The van der Waals surface area contributed by atoms with Crippen LogP contribution in [0.15, 0.2) is 29.1 Å². The first kappa shape index (κ1) is 19.3. The maximum absolute atomic E-state index is 13.0. The normalized spacial score (nSPS) is 16.9. The van der Waals surface area contributed by atoms with Gasteiger partial charge in [-0.3, -0.25) is 9.36 Å². The molecule has 3 N–H and O–H groups in total. The average Bonchev–Trinajstić information content (AvgIpc) is 3.01. The van der Waals surface area contributed by atoms with Gasteiger partial charge in [0.2, 0.25) is 0 Å². The molecular formula is C20H21ClN6O2. The van der Waals surface area contributed by atoms with E-state index in [1.807, 2.05) is 23.1 Å². The van der Waals surface area contributed by atoms with E-state index in [0.29, 0.717) is 30.5 Å². The molecule has 2 aromatic heterocycles. The summed E-state index contributed by atoms with van der Waals surface area (Å²) in [5.74, 6) is 0.591. The van der Waals surface area contributed by atoms with E-state index in [-0.39, 0.29) is 22.6 Å². The Morgan fingerprint density at radius 3 is 2.86 bits per heavy atom. The molecule has 0 bridgehead atoms. The molecule has 8 nitrogen and oxygen atoms in total. The van der Waals surface area contributed by atoms with Crippen molar-refractivity contribution in [1.82, 2.24) is 14.1 Å². The number of hydrogen-bond acceptors (Lipinski definition) is 6. The summed E-state index contributed by atoms with van der Waals surface area (Å²) in [5, 5.41) is 20.6. The third-order valence-corrected chi connectivity index (χ3v) is 5.75. The second kappa shape index (κ2) is 7.43. The van der Waals surface area contributed by atoms with Crippen LogP contribution < -0.4 is 16.2 Å². The fraction of sp³-hybridized carbons (Fsp3) is 0.350. The Kier molecular flexibility index (Phi) is 4.94. The molecule has 4 rings (SSSR count). The molecule has 0 radical (unpaired) electrons. The largest absolute Gasteiger partial charge is 0.480 e. The number of nitrogens with zero attached hydrogens (tertiary/aromatic N) is 5. The molecule has 29 heavy (non-hydrogen) atoms. The summed E-state index contributed by atoms with van der Waals surface area (Å²) < 4.78 is 2.85. The number of halogens is 1. The Morgan fingerprint density at radius 2 is 2.17 bits per heavy atom. The molecule has 1 aliphatic heterocycles. The van der Waals surface area contributed by atoms with E-state index in [1.54, 1.807) is 10.6 Å². The summed E-state index contributed by atoms with van der Waals surface area (Å²) in [5.41, 5.74) is 7.27. The maximum atomic E-state index is 13.0. The summed E-state index contributed by atoms with van der Waals surface area (Å²) in [4.78, 5) is 19.2. The lowest BCUT2D eigenvalue weighted by Gasteiger charge is -2.33. The molecule has 150 valence electrons. The van der Waals surface area contributed by atoms with Crippen molar-refractivity contribution in [3.63, 3.8) is 0 Å². The zero-order valence-electron chi connectivity index (χ0n) is 16.0. The van der Waals surface area contributed by atoms with Crippen molar-refractivity contribution in [1.29, 1.82) is 5.26 Å². The van der Waals surface area contributed by atoms with E-state index in [1.165, 1.54) is 7.05 Å². The van der Waals surface area contributed by atoms with E-state index < -0.39 is 11.6 Å². The molecule has 0 unspecified atom stereocenters. The smallest absolute Gasteiger partial charge is 0.297 e. The lowest BCUT2D eigenvalue weighted by Crippen LogP contribution is -2.44. The van der Waals surface area contributed by atoms with Crippen LogP contribution in [0.3, 0.4) is 0 Å². The van der Waals surface area contributed by atoms with Gasteiger partial charge in [-0.2, -0.15) is 10.2 Å². The van der Waals surface area contributed by atoms with Gasteiger partial charge in [-0.15, -0.1) is 0 Å². The number of hydrogen-bond donors (Lipinski definition) is 2. The number of nitrogens with two attached hydrogens (primary N) is 1. The standard InChI is InChI=1S/C20H21ClN6O2/c1-25-19(28)17-16(24-20(25)29)14(9-22)18(26-8-4-6-13(23)11-26)27(17)10-12-5-2-3-7-15(12)21/h2-3,5,7,13H,4,6,8,10-11,23H2,1H3,(H,24,29)/t13-/m1/s1. The molecule has 0 spiro atoms. The van der Waals surface area contributed by atoms with E-state index >= 15 is 0 Å². The third kappa shape index (κ3) is 3.22. The van der Waals surface area contributed by atoms with Crippen molar-refractivity contribution in [2.45, 2.75) is 25.4 Å². The number of piperidine rings is 1. The number of nitriles is 1. The molecule has 0 saturated carbocycles. The van der Waals surface area contributed by atoms with Gasteiger partial charge in [0.25, 0.3) is 11.6 Å². The van der Waals surface area contributed by atoms with Crippen LogP contribution in [0.25, 0.3) is 11.0 Å². The van der Waals surface area contributed by atoms with Crippen molar-refractivity contribution >= 4 is 28.5 Å². The van der Waals surface area contributed by atoms with Crippen LogP contribution in [0.1, 0.15) is 24.0 Å². The molecule has 3 heterocycles. The summed E-state index contributed by atoms with van der Waals surface area (Å²) >= 11 is 6.37. The maximum Gasteiger partial charge on any atom is 0.297 e. The van der Waals surface area contributed by atoms with Crippen LogP contribution in [-0.4, -0.2) is 38.4 Å². The Hall–Kier alpha value is -3.02. The molecular weight excluding hydrogens is 392 g/mol. The molecule has 1 aliphatic rings. The van der Waals surface area contributed by atoms with Gasteiger partial charge in [0, 0.05) is 31.2 Å². The SMILES string of the molecule is Cn1c(O)nc2c(C#N)c(N3CCC[C@@H](N)C3)n(Cc3ccccc3Cl)c2c1=O. The number of fused-ring (bicyclic) bond motifs is 1. The van der Waals surface area contributed by atoms with Crippen LogP contribution in [0.2, 0.25) is 5.02 Å². The van der Waals surface area contributed by atoms with E-state index in [0.717, 1.165) is 23.0 Å². The summed E-state index contributed by atoms with van der Waals surface area (Å²) in [6, 6.07) is 9.10. The van der Waals surface area contributed by atoms with Gasteiger partial charge in [0.1, 0.15) is 28.5 Å². The molecule has 0 amide bonds. The zero-order valence-corrected chi connectivity index (χ0v) is 16.7. The van der Waals surface area contributed by atoms with Crippen molar-refractivity contribution in [3.8, 4) is 12.1 Å². The summed E-state index contributed by atoms with van der Waals surface area (Å²) in [6.45, 7) is 1.58. The predicted octanol–water partition coefficient (Wildman–Crippen LogP) is 1.94. The lowest BCUT2D eigenvalue weighted by molar-refractivity contribution is 0.402. The van der Waals surface area contributed by atoms with Crippen molar-refractivity contribution in [2.24, 2.45) is 12.8 Å². The monoisotopic (exact) mass is 412 g/mol. The number of benzene rings is 1. The van der Waals surface area contributed by atoms with Crippen LogP contribution in [0, 0.1) is 11.3 Å². The number of rotatable bonds is 3. The topological polar surface area (TPSA) is 113 Å². The fourth-order valence-corrected chi connectivity index (χ4v) is 4.12. The first-order valence-electron chi connectivity index (χ1n) is 9.38. The van der Waals surface area contributed by atoms with Gasteiger partial charge in [-0.1, -0.05) is 29.8 Å². The Bertz CT molecular complexity index is 1190. The van der Waals surface area contributed by atoms with E-state index in [2.05, 4.69) is 11.1 Å². The van der Waals surface area contributed by atoms with Crippen LogP contribution in [-0.2, 0) is 13.6 Å². The first-order valence-corrected chi connectivity index (χ1v) is 9.76. The minimum absolute atomic E-state index is 0.0220. The van der Waals surface area contributed by atoms with Gasteiger partial charge in [-0.25, -0.2) is 0 Å². The highest BCUT2D eigenvalue weighted by molar-refractivity contribution is 6.31. The Morgan fingerprint density at radius 1 is 1.41 bits per heavy atom. The lowest BCUT2D eigenvalue weighted by atomic mass is 10.1. The second-order valence-electron chi connectivity index (χ2n) is 7.31. The molecule has 0 aliphatic carbocycles. The van der Waals surface area contributed by atoms with Gasteiger partial charge in [-0.05, 0) is 24.5 Å². The van der Waals surface area contributed by atoms with Crippen LogP contribution in [0.4, 0.5) is 5.82 Å². The molecule has 1 saturated heterocycles. The van der Waals surface area contributed by atoms with Crippen LogP contribution >= 0.6 is 11.6 Å². The van der Waals surface area contributed by atoms with Gasteiger partial charge >= 0.3 is 0 Å². The highest BCUT2D eigenvalue weighted by Gasteiger charge is 2.29. The highest BCUT2D eigenvalue weighted by Crippen LogP contribution is 2.33. The minimum atomic E-state index is -0.434. The number of aromatic hydroxyl groups is 1. The summed E-state index contributed by atoms with van der Waals surface area (Å²) in [6.07, 6.45) is 1.79. The van der Waals surface area contributed by atoms with Gasteiger partial charge in [0.15, 0.2) is 0 Å². The second-order valence-corrected chi connectivity index (χ2v) is 7.72. The van der Waals surface area contributed by atoms with Crippen molar-refractivity contribution in [3.05, 3.63) is 50.8 Å². The average molecular weight is 413 g/mol. The van der Waals surface area contributed by atoms with Crippen LogP contribution in [0.5, 0.6) is 6.01 Å². The highest BCUT2D eigenvalue weighted by atomic mass is 35.5. The molecule has 1 aromatic carbocycles. The first-order chi connectivity index (χ1) is 13.9. The summed E-state index contributed by atoms with van der Waals surface area (Å²) in [7, 11) is 1.44. The molecule has 9 heteroatoms. The quantitative estimate of drug-likeness (QED) is 0.679. The van der Waals surface area contributed by atoms with Gasteiger partial charge in [0.05, 0.1) is 6.54 Å². The third-order valence-electron chi connectivity index (χ3n) is 5.38. The van der Waals surface area contributed by atoms with E-state index in [4.69, 9.17) is 17.3 Å². The van der Waals surface area contributed by atoms with E-state index in [9.17, 15) is 15.2 Å². The zero-order chi connectivity index (χ0) is 20.7. The molecule has 3 aromatic rings. The molecule has 1 atom stereocenters. The van der Waals surface area contributed by atoms with Crippen molar-refractivity contribution < 1.29 is 5.11 Å². The molecule has 1 fully saturated rings. The van der Waals surface area contributed by atoms with Crippen molar-refractivity contribution in [2.75, 3.05) is 18.0 Å². The Balaban J connectivity index is 2.03. The Labute approximate surface area is 172 Å². The fourth-order valence-electron chi connectivity index (χ4n) is 3.93. The number of aromatic nitrogens is 3.